The zero-order valence-electron chi connectivity index (χ0n) is 16.9. The molecule has 0 unspecified atom stereocenters. The number of carbonyl (C=O) groups excluding carboxylic acids is 2. The minimum Gasteiger partial charge on any atom is -0.435 e. The summed E-state index contributed by atoms with van der Waals surface area (Å²) in [5, 5.41) is 2.86. The highest BCUT2D eigenvalue weighted by Crippen LogP contribution is 2.24. The zero-order valence-corrected chi connectivity index (χ0v) is 16.9. The summed E-state index contributed by atoms with van der Waals surface area (Å²) in [4.78, 5) is 28.1. The topological polar surface area (TPSA) is 63.1 Å². The fourth-order valence-electron chi connectivity index (χ4n) is 4.08. The van der Waals surface area contributed by atoms with E-state index in [0.717, 1.165) is 31.5 Å². The van der Waals surface area contributed by atoms with Crippen molar-refractivity contribution < 1.29 is 28.0 Å². The summed E-state index contributed by atoms with van der Waals surface area (Å²) in [7, 11) is 0. The molecular formula is C21H30F2N3O3+. The maximum Gasteiger partial charge on any atom is 0.387 e. The van der Waals surface area contributed by atoms with Gasteiger partial charge in [-0.25, -0.2) is 9.69 Å². The normalized spacial score (nSPS) is 23.8. The van der Waals surface area contributed by atoms with Gasteiger partial charge in [-0.2, -0.15) is 8.78 Å². The number of amides is 3. The lowest BCUT2D eigenvalue weighted by molar-refractivity contribution is -0.908. The van der Waals surface area contributed by atoms with E-state index in [-0.39, 0.29) is 17.7 Å². The number of nitrogens with one attached hydrogen (secondary N) is 2. The van der Waals surface area contributed by atoms with Crippen LogP contribution in [0.1, 0.15) is 51.0 Å². The Morgan fingerprint density at radius 3 is 2.34 bits per heavy atom. The second-order valence-electron chi connectivity index (χ2n) is 8.19. The molecule has 3 amide bonds. The van der Waals surface area contributed by atoms with E-state index in [1.54, 1.807) is 19.1 Å². The first-order valence-electron chi connectivity index (χ1n) is 10.4. The second-order valence-corrected chi connectivity index (χ2v) is 8.19. The van der Waals surface area contributed by atoms with Crippen LogP contribution in [0.2, 0.25) is 0 Å². The molecule has 0 saturated carbocycles. The highest BCUT2D eigenvalue weighted by molar-refractivity contribution is 6.06. The highest BCUT2D eigenvalue weighted by Gasteiger charge is 2.48. The third-order valence-corrected chi connectivity index (χ3v) is 5.85. The van der Waals surface area contributed by atoms with E-state index in [0.29, 0.717) is 19.5 Å². The Kier molecular flexibility index (Phi) is 7.05. The van der Waals surface area contributed by atoms with Crippen LogP contribution in [-0.2, 0) is 11.2 Å². The third kappa shape index (κ3) is 5.65. The minimum absolute atomic E-state index is 0.0996. The molecule has 2 saturated heterocycles. The summed E-state index contributed by atoms with van der Waals surface area (Å²) in [6.45, 7) is 1.29. The van der Waals surface area contributed by atoms with Gasteiger partial charge in [0.2, 0.25) is 0 Å². The smallest absolute Gasteiger partial charge is 0.387 e. The van der Waals surface area contributed by atoms with E-state index in [1.165, 1.54) is 41.2 Å². The molecule has 2 heterocycles. The number of benzene rings is 1. The predicted molar refractivity (Wildman–Crippen MR) is 104 cm³/mol. The number of nitrogens with zero attached hydrogens (tertiary/aromatic N) is 1. The van der Waals surface area contributed by atoms with Crippen LogP contribution < -0.4 is 15.0 Å². The van der Waals surface area contributed by atoms with E-state index in [9.17, 15) is 18.4 Å². The van der Waals surface area contributed by atoms with Gasteiger partial charge in [0.05, 0.1) is 13.1 Å². The highest BCUT2D eigenvalue weighted by atomic mass is 19.3. The first-order chi connectivity index (χ1) is 13.9. The van der Waals surface area contributed by atoms with Crippen LogP contribution in [0.15, 0.2) is 24.3 Å². The molecule has 160 valence electrons. The van der Waals surface area contributed by atoms with Crippen molar-refractivity contribution in [2.45, 2.75) is 64.0 Å². The van der Waals surface area contributed by atoms with Crippen molar-refractivity contribution >= 4 is 11.9 Å². The predicted octanol–water partition coefficient (Wildman–Crippen LogP) is 2.34. The van der Waals surface area contributed by atoms with E-state index >= 15 is 0 Å². The molecule has 0 aliphatic carbocycles. The number of carbonyl (C=O) groups is 2. The maximum atomic E-state index is 13.0. The summed E-state index contributed by atoms with van der Waals surface area (Å²) in [5.74, 6) is -0.0858. The molecule has 8 heteroatoms. The van der Waals surface area contributed by atoms with Gasteiger partial charge in [-0.15, -0.1) is 0 Å². The molecule has 2 aliphatic heterocycles. The number of quaternary nitrogens is 1. The molecule has 0 spiro atoms. The van der Waals surface area contributed by atoms with Crippen LogP contribution in [-0.4, -0.2) is 48.7 Å². The van der Waals surface area contributed by atoms with Gasteiger partial charge in [-0.3, -0.25) is 4.79 Å². The Bertz CT molecular complexity index is 706. The van der Waals surface area contributed by atoms with Crippen molar-refractivity contribution in [2.24, 2.45) is 0 Å². The first kappa shape index (κ1) is 21.5. The zero-order chi connectivity index (χ0) is 20.9. The number of imide groups is 1. The van der Waals surface area contributed by atoms with Gasteiger partial charge in [0, 0.05) is 0 Å². The number of halogens is 2. The monoisotopic (exact) mass is 410 g/mol. The Labute approximate surface area is 170 Å². The molecule has 2 fully saturated rings. The number of likely N-dealkylation sites (tertiary alicyclic amines) is 1. The Hall–Kier alpha value is -2.22. The summed E-state index contributed by atoms with van der Waals surface area (Å²) in [6.07, 6.45) is 6.93. The lowest BCUT2D eigenvalue weighted by Gasteiger charge is -2.26. The number of ether oxygens (including phenoxy) is 1. The van der Waals surface area contributed by atoms with Crippen molar-refractivity contribution in [3.8, 4) is 5.75 Å². The Morgan fingerprint density at radius 1 is 1.10 bits per heavy atom. The van der Waals surface area contributed by atoms with Crippen LogP contribution in [0, 0.1) is 0 Å². The molecule has 3 rings (SSSR count). The number of urea groups is 1. The van der Waals surface area contributed by atoms with E-state index in [1.807, 2.05) is 0 Å². The number of aryl methyl sites for hydroxylation is 1. The first-order valence-corrected chi connectivity index (χ1v) is 10.4. The molecule has 2 aliphatic rings. The average Bonchev–Trinajstić information content (AvgIpc) is 2.86. The largest absolute Gasteiger partial charge is 0.435 e. The standard InChI is InChI=1S/C21H29F2N3O3/c1-21(12-11-16-7-9-17(10-8-16)29-19(22)23)18(27)26(20(28)24-21)15-25-13-5-3-2-4-6-14-25/h7-10,19H,2-6,11-15H2,1H3,(H,24,28)/p+1/t21-/m1/s1. The summed E-state index contributed by atoms with van der Waals surface area (Å²) >= 11 is 0. The van der Waals surface area contributed by atoms with Gasteiger partial charge in [0.1, 0.15) is 11.3 Å². The number of hydrogen-bond acceptors (Lipinski definition) is 3. The summed E-state index contributed by atoms with van der Waals surface area (Å²) in [5.41, 5.74) is -0.0556. The number of hydrogen-bond donors (Lipinski definition) is 2. The van der Waals surface area contributed by atoms with E-state index in [4.69, 9.17) is 0 Å². The van der Waals surface area contributed by atoms with Crippen LogP contribution in [0.5, 0.6) is 5.75 Å². The van der Waals surface area contributed by atoms with Crippen LogP contribution in [0.4, 0.5) is 13.6 Å². The molecule has 6 nitrogen and oxygen atoms in total. The van der Waals surface area contributed by atoms with Crippen molar-refractivity contribution in [2.75, 3.05) is 19.8 Å². The molecule has 1 aromatic carbocycles. The minimum atomic E-state index is -2.85. The van der Waals surface area contributed by atoms with Crippen LogP contribution in [0.25, 0.3) is 0 Å². The molecular weight excluding hydrogens is 380 g/mol. The average molecular weight is 410 g/mol. The fraction of sp³-hybridized carbons (Fsp3) is 0.619. The molecule has 1 atom stereocenters. The number of rotatable bonds is 7. The van der Waals surface area contributed by atoms with Crippen molar-refractivity contribution in [3.63, 3.8) is 0 Å². The number of alkyl halides is 2. The Balaban J connectivity index is 1.56. The lowest BCUT2D eigenvalue weighted by Crippen LogP contribution is -3.13. The van der Waals surface area contributed by atoms with Crippen molar-refractivity contribution in [1.82, 2.24) is 10.2 Å². The second kappa shape index (κ2) is 9.52. The molecule has 1 aromatic rings. The third-order valence-electron chi connectivity index (χ3n) is 5.85. The molecule has 2 N–H and O–H groups in total. The SMILES string of the molecule is C[C@]1(CCc2ccc(OC(F)F)cc2)NC(=O)N(C[NH+]2CCCCCCC2)C1=O. The van der Waals surface area contributed by atoms with E-state index < -0.39 is 12.2 Å². The molecule has 0 bridgehead atoms. The molecule has 29 heavy (non-hydrogen) atoms. The van der Waals surface area contributed by atoms with Crippen LogP contribution >= 0.6 is 0 Å². The molecule has 0 aromatic heterocycles. The van der Waals surface area contributed by atoms with Crippen LogP contribution in [0.3, 0.4) is 0 Å². The lowest BCUT2D eigenvalue weighted by atomic mass is 9.93. The quantitative estimate of drug-likeness (QED) is 0.679. The summed E-state index contributed by atoms with van der Waals surface area (Å²) in [6, 6.07) is 6.04. The van der Waals surface area contributed by atoms with Crippen molar-refractivity contribution in [1.29, 1.82) is 0 Å². The van der Waals surface area contributed by atoms with Gasteiger partial charge in [0.25, 0.3) is 5.91 Å². The van der Waals surface area contributed by atoms with Gasteiger partial charge >= 0.3 is 12.6 Å². The van der Waals surface area contributed by atoms with Gasteiger partial charge in [0.15, 0.2) is 6.67 Å². The van der Waals surface area contributed by atoms with Gasteiger partial charge in [-0.05, 0) is 63.1 Å². The Morgan fingerprint density at radius 2 is 1.72 bits per heavy atom. The fourth-order valence-corrected chi connectivity index (χ4v) is 4.08. The van der Waals surface area contributed by atoms with E-state index in [2.05, 4.69) is 10.1 Å². The van der Waals surface area contributed by atoms with Gasteiger partial charge < -0.3 is 15.0 Å². The van der Waals surface area contributed by atoms with Gasteiger partial charge in [-0.1, -0.05) is 18.6 Å². The van der Waals surface area contributed by atoms with Crippen molar-refractivity contribution in [3.05, 3.63) is 29.8 Å². The maximum absolute atomic E-state index is 13.0. The summed E-state index contributed by atoms with van der Waals surface area (Å²) < 4.78 is 28.8. The molecule has 0 radical (unpaired) electrons.